The van der Waals surface area contributed by atoms with E-state index in [9.17, 15) is 0 Å². The molecule has 0 radical (unpaired) electrons. The van der Waals surface area contributed by atoms with Crippen molar-refractivity contribution in [1.29, 1.82) is 0 Å². The van der Waals surface area contributed by atoms with Gasteiger partial charge in [-0.15, -0.1) is 0 Å². The predicted molar refractivity (Wildman–Crippen MR) is 81.3 cm³/mol. The molecule has 0 saturated carbocycles. The molecule has 5 nitrogen and oxygen atoms in total. The lowest BCUT2D eigenvalue weighted by molar-refractivity contribution is 0.907. The summed E-state index contributed by atoms with van der Waals surface area (Å²) in [5.41, 5.74) is 11.0. The highest BCUT2D eigenvalue weighted by molar-refractivity contribution is 5.81. The first-order valence-electron chi connectivity index (χ1n) is 6.56. The molecule has 0 aliphatic heterocycles. The maximum atomic E-state index is 5.67. The highest BCUT2D eigenvalue weighted by Gasteiger charge is 2.16. The summed E-state index contributed by atoms with van der Waals surface area (Å²) < 4.78 is 2.02. The number of nitrogens with two attached hydrogens (primary N) is 1. The zero-order valence-corrected chi connectivity index (χ0v) is 10.8. The van der Waals surface area contributed by atoms with E-state index in [0.717, 1.165) is 35.3 Å². The Labute approximate surface area is 118 Å². The third kappa shape index (κ3) is 1.67. The molecule has 3 aromatic rings. The molecule has 0 saturated heterocycles. The third-order valence-electron chi connectivity index (χ3n) is 3.61. The van der Waals surface area contributed by atoms with Crippen LogP contribution < -0.4 is 5.73 Å². The van der Waals surface area contributed by atoms with Crippen molar-refractivity contribution in [2.45, 2.75) is 12.8 Å². The summed E-state index contributed by atoms with van der Waals surface area (Å²) in [6, 6.07) is 4.10. The summed E-state index contributed by atoms with van der Waals surface area (Å²) in [4.78, 5) is 12.7. The Morgan fingerprint density at radius 2 is 2.20 bits per heavy atom. The molecular formula is C15H17N5. The number of anilines is 1. The van der Waals surface area contributed by atoms with Crippen LogP contribution in [-0.2, 0) is 6.42 Å². The number of hydrogen-bond donors (Lipinski definition) is 1. The summed E-state index contributed by atoms with van der Waals surface area (Å²) in [6.45, 7) is 0. The minimum Gasteiger partial charge on any atom is -0.368 e. The summed E-state index contributed by atoms with van der Waals surface area (Å²) in [5.74, 6) is 0.343. The summed E-state index contributed by atoms with van der Waals surface area (Å²) in [7, 11) is 0. The van der Waals surface area contributed by atoms with E-state index in [1.165, 1.54) is 5.57 Å². The van der Waals surface area contributed by atoms with Crippen molar-refractivity contribution < 1.29 is 2.85 Å². The number of imidazole rings is 1. The largest absolute Gasteiger partial charge is 0.368 e. The number of pyridine rings is 1. The van der Waals surface area contributed by atoms with Crippen LogP contribution in [0, 0.1) is 0 Å². The lowest BCUT2D eigenvalue weighted by atomic mass is 9.92. The second-order valence-corrected chi connectivity index (χ2v) is 4.86. The van der Waals surface area contributed by atoms with Crippen LogP contribution in [0.15, 0.2) is 43.0 Å². The molecule has 0 aromatic carbocycles. The van der Waals surface area contributed by atoms with Crippen molar-refractivity contribution in [2.24, 2.45) is 0 Å². The van der Waals surface area contributed by atoms with Crippen LogP contribution in [0.1, 0.15) is 26.1 Å². The number of hydrogen-bond acceptors (Lipinski definition) is 4. The van der Waals surface area contributed by atoms with Crippen molar-refractivity contribution in [3.8, 4) is 0 Å². The Balaban J connectivity index is 0.000000882. The molecule has 3 aromatic heterocycles. The van der Waals surface area contributed by atoms with E-state index in [1.54, 1.807) is 6.20 Å². The summed E-state index contributed by atoms with van der Waals surface area (Å²) in [5, 5.41) is 0. The van der Waals surface area contributed by atoms with Gasteiger partial charge in [0.1, 0.15) is 5.65 Å². The van der Waals surface area contributed by atoms with Crippen LogP contribution >= 0.6 is 0 Å². The summed E-state index contributed by atoms with van der Waals surface area (Å²) in [6.07, 6.45) is 11.8. The van der Waals surface area contributed by atoms with E-state index in [1.807, 2.05) is 22.9 Å². The van der Waals surface area contributed by atoms with Gasteiger partial charge in [0, 0.05) is 33.2 Å². The minimum absolute atomic E-state index is 0. The Morgan fingerprint density at radius 3 is 3.15 bits per heavy atom. The standard InChI is InChI=1S/C15H13N5.2H2/c16-15-18-8-12-11(2-1-3-13(12)19-15)10-4-5-14-17-6-7-20(14)9-10;;/h2,4-9H,1,3H2,(H2,16,18,19);2*1H. The van der Waals surface area contributed by atoms with Gasteiger partial charge in [-0.05, 0) is 36.1 Å². The van der Waals surface area contributed by atoms with Crippen LogP contribution in [0.3, 0.4) is 0 Å². The van der Waals surface area contributed by atoms with Crippen LogP contribution in [0.5, 0.6) is 0 Å². The molecular weight excluding hydrogens is 250 g/mol. The van der Waals surface area contributed by atoms with E-state index in [-0.39, 0.29) is 2.85 Å². The molecule has 0 fully saturated rings. The number of aryl methyl sites for hydroxylation is 1. The molecule has 1 aliphatic carbocycles. The Hall–Kier alpha value is -2.69. The normalized spacial score (nSPS) is 14.1. The van der Waals surface area contributed by atoms with Crippen molar-refractivity contribution in [2.75, 3.05) is 5.73 Å². The number of allylic oxidation sites excluding steroid dienone is 1. The molecule has 0 unspecified atom stereocenters. The second kappa shape index (κ2) is 4.16. The number of fused-ring (bicyclic) bond motifs is 2. The molecule has 2 N–H and O–H groups in total. The molecule has 102 valence electrons. The van der Waals surface area contributed by atoms with Crippen molar-refractivity contribution in [3.63, 3.8) is 0 Å². The van der Waals surface area contributed by atoms with E-state index >= 15 is 0 Å². The van der Waals surface area contributed by atoms with Crippen LogP contribution in [-0.4, -0.2) is 19.4 Å². The van der Waals surface area contributed by atoms with E-state index in [2.05, 4.69) is 33.3 Å². The first-order chi connectivity index (χ1) is 9.81. The summed E-state index contributed by atoms with van der Waals surface area (Å²) >= 11 is 0. The zero-order chi connectivity index (χ0) is 13.5. The van der Waals surface area contributed by atoms with Crippen molar-refractivity contribution in [3.05, 3.63) is 59.8 Å². The Kier molecular flexibility index (Phi) is 2.32. The second-order valence-electron chi connectivity index (χ2n) is 4.86. The number of aromatic nitrogens is 4. The fraction of sp³-hybridized carbons (Fsp3) is 0.133. The number of nitrogens with zero attached hydrogens (tertiary/aromatic N) is 4. The Morgan fingerprint density at radius 1 is 1.25 bits per heavy atom. The van der Waals surface area contributed by atoms with Crippen molar-refractivity contribution in [1.82, 2.24) is 19.4 Å². The molecule has 5 heteroatoms. The molecule has 0 bridgehead atoms. The van der Waals surface area contributed by atoms with Gasteiger partial charge in [0.2, 0.25) is 5.95 Å². The fourth-order valence-electron chi connectivity index (χ4n) is 2.66. The van der Waals surface area contributed by atoms with Crippen LogP contribution in [0.25, 0.3) is 11.2 Å². The molecule has 4 rings (SSSR count). The lowest BCUT2D eigenvalue weighted by Crippen LogP contribution is -2.07. The average Bonchev–Trinajstić information content (AvgIpc) is 2.93. The molecule has 20 heavy (non-hydrogen) atoms. The van der Waals surface area contributed by atoms with E-state index in [0.29, 0.717) is 5.95 Å². The van der Waals surface area contributed by atoms with Gasteiger partial charge in [-0.1, -0.05) is 6.08 Å². The molecule has 0 spiro atoms. The van der Waals surface area contributed by atoms with E-state index in [4.69, 9.17) is 5.73 Å². The van der Waals surface area contributed by atoms with Crippen molar-refractivity contribution >= 4 is 17.2 Å². The Bertz CT molecular complexity index is 841. The highest BCUT2D eigenvalue weighted by atomic mass is 15.0. The van der Waals surface area contributed by atoms with Gasteiger partial charge in [-0.2, -0.15) is 0 Å². The smallest absolute Gasteiger partial charge is 0.220 e. The van der Waals surface area contributed by atoms with Gasteiger partial charge >= 0.3 is 0 Å². The third-order valence-corrected chi connectivity index (χ3v) is 3.61. The SMILES string of the molecule is Nc1ncc2c(n1)CCC=C2c1ccc2nccn2c1.[HH].[HH]. The highest BCUT2D eigenvalue weighted by Crippen LogP contribution is 2.30. The maximum absolute atomic E-state index is 5.67. The van der Waals surface area contributed by atoms with Gasteiger partial charge in [0.25, 0.3) is 0 Å². The van der Waals surface area contributed by atoms with Crippen LogP contribution in [0.2, 0.25) is 0 Å². The lowest BCUT2D eigenvalue weighted by Gasteiger charge is -2.17. The predicted octanol–water partition coefficient (Wildman–Crippen LogP) is 2.58. The minimum atomic E-state index is 0. The van der Waals surface area contributed by atoms with Gasteiger partial charge in [-0.25, -0.2) is 15.0 Å². The first-order valence-corrected chi connectivity index (χ1v) is 6.56. The zero-order valence-electron chi connectivity index (χ0n) is 10.8. The number of rotatable bonds is 1. The van der Waals surface area contributed by atoms with Gasteiger partial charge < -0.3 is 10.1 Å². The molecule has 0 amide bonds. The molecule has 0 atom stereocenters. The van der Waals surface area contributed by atoms with E-state index < -0.39 is 0 Å². The maximum Gasteiger partial charge on any atom is 0.220 e. The molecule has 3 heterocycles. The first kappa shape index (κ1) is 11.2. The van der Waals surface area contributed by atoms with Gasteiger partial charge in [0.15, 0.2) is 0 Å². The van der Waals surface area contributed by atoms with Gasteiger partial charge in [-0.3, -0.25) is 0 Å². The monoisotopic (exact) mass is 267 g/mol. The average molecular weight is 267 g/mol. The van der Waals surface area contributed by atoms with Gasteiger partial charge in [0.05, 0.1) is 5.69 Å². The number of nitrogen functional groups attached to an aromatic ring is 1. The fourth-order valence-corrected chi connectivity index (χ4v) is 2.66. The topological polar surface area (TPSA) is 69.1 Å². The van der Waals surface area contributed by atoms with Crippen LogP contribution in [0.4, 0.5) is 5.95 Å². The quantitative estimate of drug-likeness (QED) is 0.735. The molecule has 1 aliphatic rings.